The first-order chi connectivity index (χ1) is 14.6. The van der Waals surface area contributed by atoms with Gasteiger partial charge in [-0.05, 0) is 24.0 Å². The van der Waals surface area contributed by atoms with Crippen LogP contribution in [0.5, 0.6) is 0 Å². The van der Waals surface area contributed by atoms with E-state index in [1.54, 1.807) is 0 Å². The van der Waals surface area contributed by atoms with Crippen LogP contribution in [0.3, 0.4) is 0 Å². The van der Waals surface area contributed by atoms with E-state index in [1.165, 1.54) is 17.2 Å². The van der Waals surface area contributed by atoms with Crippen molar-refractivity contribution in [2.45, 2.75) is 24.9 Å². The van der Waals surface area contributed by atoms with Crippen LogP contribution in [0.4, 0.5) is 9.59 Å². The Bertz CT molecular complexity index is 945. The van der Waals surface area contributed by atoms with Crippen molar-refractivity contribution in [1.82, 2.24) is 9.80 Å². The molecule has 3 amide bonds. The summed E-state index contributed by atoms with van der Waals surface area (Å²) in [4.78, 5) is 39.5. The van der Waals surface area contributed by atoms with Crippen LogP contribution in [-0.4, -0.2) is 53.2 Å². The lowest BCUT2D eigenvalue weighted by molar-refractivity contribution is -0.124. The lowest BCUT2D eigenvalue weighted by Gasteiger charge is -2.20. The molecule has 30 heavy (non-hydrogen) atoms. The summed E-state index contributed by atoms with van der Waals surface area (Å²) in [6.45, 7) is 0.393. The van der Waals surface area contributed by atoms with Crippen LogP contribution < -0.4 is 0 Å². The molecule has 2 heterocycles. The molecule has 2 atom stereocenters. The molecule has 0 unspecified atom stereocenters. The number of cyclic esters (lactones) is 2. The van der Waals surface area contributed by atoms with E-state index in [9.17, 15) is 14.4 Å². The first-order valence-corrected chi connectivity index (χ1v) is 9.83. The number of rotatable bonds is 6. The van der Waals surface area contributed by atoms with Crippen molar-refractivity contribution in [3.8, 4) is 0 Å². The molecule has 2 aromatic rings. The number of amides is 3. The van der Waals surface area contributed by atoms with E-state index in [2.05, 4.69) is 0 Å². The average Bonchev–Trinajstić information content (AvgIpc) is 3.30. The fourth-order valence-corrected chi connectivity index (χ4v) is 3.69. The van der Waals surface area contributed by atoms with E-state index in [1.807, 2.05) is 60.7 Å². The molecule has 0 N–H and O–H groups in total. The van der Waals surface area contributed by atoms with Crippen molar-refractivity contribution in [2.24, 2.45) is 0 Å². The van der Waals surface area contributed by atoms with Crippen molar-refractivity contribution in [3.63, 3.8) is 0 Å². The highest BCUT2D eigenvalue weighted by atomic mass is 16.6. The summed E-state index contributed by atoms with van der Waals surface area (Å²) in [7, 11) is 0. The predicted octanol–water partition coefficient (Wildman–Crippen LogP) is 3.15. The first-order valence-electron chi connectivity index (χ1n) is 9.83. The molecule has 0 aliphatic carbocycles. The fraction of sp³-hybridized carbons (Fsp3) is 0.261. The van der Waals surface area contributed by atoms with Gasteiger partial charge in [0, 0.05) is 12.3 Å². The lowest BCUT2D eigenvalue weighted by Crippen LogP contribution is -2.39. The van der Waals surface area contributed by atoms with Gasteiger partial charge in [-0.25, -0.2) is 14.5 Å². The molecular weight excluding hydrogens is 384 g/mol. The van der Waals surface area contributed by atoms with E-state index in [4.69, 9.17) is 9.47 Å². The molecule has 0 spiro atoms. The second-order valence-corrected chi connectivity index (χ2v) is 7.27. The molecule has 0 saturated carbocycles. The van der Waals surface area contributed by atoms with Crippen LogP contribution >= 0.6 is 0 Å². The molecule has 2 saturated heterocycles. The summed E-state index contributed by atoms with van der Waals surface area (Å²) in [6.07, 6.45) is 2.56. The van der Waals surface area contributed by atoms with E-state index in [0.29, 0.717) is 12.8 Å². The molecule has 2 aliphatic heterocycles. The van der Waals surface area contributed by atoms with Crippen LogP contribution in [-0.2, 0) is 27.1 Å². The van der Waals surface area contributed by atoms with Gasteiger partial charge in [-0.3, -0.25) is 9.69 Å². The van der Waals surface area contributed by atoms with Gasteiger partial charge >= 0.3 is 12.2 Å². The zero-order chi connectivity index (χ0) is 20.9. The summed E-state index contributed by atoms with van der Waals surface area (Å²) in [5, 5.41) is 0. The zero-order valence-electron chi connectivity index (χ0n) is 16.3. The number of hydrogen-bond donors (Lipinski definition) is 0. The maximum Gasteiger partial charge on any atom is 0.417 e. The molecule has 4 rings (SSSR count). The largest absolute Gasteiger partial charge is 0.447 e. The topological polar surface area (TPSA) is 76.2 Å². The predicted molar refractivity (Wildman–Crippen MR) is 108 cm³/mol. The molecule has 0 bridgehead atoms. The minimum absolute atomic E-state index is 0.149. The zero-order valence-corrected chi connectivity index (χ0v) is 16.3. The van der Waals surface area contributed by atoms with E-state index < -0.39 is 18.1 Å². The Morgan fingerprint density at radius 1 is 0.833 bits per heavy atom. The highest BCUT2D eigenvalue weighted by molar-refractivity contribution is 6.00. The average molecular weight is 406 g/mol. The lowest BCUT2D eigenvalue weighted by atomic mass is 10.1. The number of ether oxygens (including phenoxy) is 2. The van der Waals surface area contributed by atoms with Gasteiger partial charge in [0.1, 0.15) is 13.2 Å². The summed E-state index contributed by atoms with van der Waals surface area (Å²) >= 11 is 0. The Morgan fingerprint density at radius 2 is 1.37 bits per heavy atom. The van der Waals surface area contributed by atoms with Gasteiger partial charge in [0.2, 0.25) is 0 Å². The molecule has 154 valence electrons. The van der Waals surface area contributed by atoms with Gasteiger partial charge in [-0.15, -0.1) is 0 Å². The van der Waals surface area contributed by atoms with E-state index in [0.717, 1.165) is 16.0 Å². The van der Waals surface area contributed by atoms with E-state index >= 15 is 0 Å². The third-order valence-corrected chi connectivity index (χ3v) is 5.21. The maximum absolute atomic E-state index is 12.7. The van der Waals surface area contributed by atoms with Gasteiger partial charge in [0.25, 0.3) is 5.91 Å². The van der Waals surface area contributed by atoms with Crippen LogP contribution in [0.1, 0.15) is 11.1 Å². The minimum Gasteiger partial charge on any atom is -0.447 e. The standard InChI is InChI=1S/C23H22N2O5/c26-21(25-20(16-30-23(25)28)14-18-9-5-2-6-10-18)11-12-24-19(15-29-22(24)27)13-17-7-3-1-4-8-17/h1-12,19-20H,13-16H2/b12-11+/t19-,20-/m0/s1. The summed E-state index contributed by atoms with van der Waals surface area (Å²) in [6, 6.07) is 18.8. The van der Waals surface area contributed by atoms with Gasteiger partial charge in [-0.2, -0.15) is 0 Å². The first kappa shape index (κ1) is 19.7. The van der Waals surface area contributed by atoms with Gasteiger partial charge in [0.05, 0.1) is 12.1 Å². The van der Waals surface area contributed by atoms with Crippen LogP contribution in [0.25, 0.3) is 0 Å². The smallest absolute Gasteiger partial charge is 0.417 e. The van der Waals surface area contributed by atoms with Crippen molar-refractivity contribution in [2.75, 3.05) is 13.2 Å². The Labute approximate surface area is 174 Å². The minimum atomic E-state index is -0.671. The molecule has 2 fully saturated rings. The van der Waals surface area contributed by atoms with Crippen LogP contribution in [0.15, 0.2) is 72.9 Å². The third-order valence-electron chi connectivity index (χ3n) is 5.21. The Balaban J connectivity index is 1.44. The number of hydrogen-bond acceptors (Lipinski definition) is 5. The molecular formula is C23H22N2O5. The third kappa shape index (κ3) is 4.35. The number of benzene rings is 2. The second kappa shape index (κ2) is 8.82. The van der Waals surface area contributed by atoms with Crippen molar-refractivity contribution in [1.29, 1.82) is 0 Å². The van der Waals surface area contributed by atoms with Gasteiger partial charge in [0.15, 0.2) is 0 Å². The van der Waals surface area contributed by atoms with Crippen molar-refractivity contribution < 1.29 is 23.9 Å². The van der Waals surface area contributed by atoms with Crippen LogP contribution in [0.2, 0.25) is 0 Å². The van der Waals surface area contributed by atoms with Crippen molar-refractivity contribution in [3.05, 3.63) is 84.1 Å². The molecule has 7 heteroatoms. The number of carbonyl (C=O) groups is 3. The number of nitrogens with zero attached hydrogens (tertiary/aromatic N) is 2. The highest BCUT2D eigenvalue weighted by Crippen LogP contribution is 2.20. The van der Waals surface area contributed by atoms with Gasteiger partial charge < -0.3 is 9.47 Å². The molecule has 2 aromatic carbocycles. The van der Waals surface area contributed by atoms with Gasteiger partial charge in [-0.1, -0.05) is 60.7 Å². The summed E-state index contributed by atoms with van der Waals surface area (Å²) in [5.41, 5.74) is 2.07. The summed E-state index contributed by atoms with van der Waals surface area (Å²) in [5.74, 6) is -0.517. The number of imide groups is 1. The normalized spacial score (nSPS) is 21.2. The highest BCUT2D eigenvalue weighted by Gasteiger charge is 2.37. The molecule has 2 aliphatic rings. The molecule has 0 aromatic heterocycles. The summed E-state index contributed by atoms with van der Waals surface area (Å²) < 4.78 is 10.2. The van der Waals surface area contributed by atoms with Crippen molar-refractivity contribution >= 4 is 18.1 Å². The maximum atomic E-state index is 12.7. The van der Waals surface area contributed by atoms with E-state index in [-0.39, 0.29) is 25.3 Å². The fourth-order valence-electron chi connectivity index (χ4n) is 3.69. The Morgan fingerprint density at radius 3 is 2.00 bits per heavy atom. The SMILES string of the molecule is O=C1OC[C@H](Cc2ccccc2)N1/C=C/C(=O)N1C(=O)OC[C@@H]1Cc1ccccc1. The second-order valence-electron chi connectivity index (χ2n) is 7.27. The molecule has 0 radical (unpaired) electrons. The Kier molecular flexibility index (Phi) is 5.79. The monoisotopic (exact) mass is 406 g/mol. The quantitative estimate of drug-likeness (QED) is 0.689. The Hall–Kier alpha value is -3.61. The molecule has 7 nitrogen and oxygen atoms in total. The van der Waals surface area contributed by atoms with Crippen LogP contribution in [0, 0.1) is 0 Å². The number of carbonyl (C=O) groups excluding carboxylic acids is 3.